The number of nitrogens with one attached hydrogen (secondary N) is 2. The first kappa shape index (κ1) is 18.2. The van der Waals surface area contributed by atoms with Gasteiger partial charge in [-0.2, -0.15) is 5.10 Å². The normalized spacial score (nSPS) is 15.4. The van der Waals surface area contributed by atoms with Crippen LogP contribution in [0.5, 0.6) is 0 Å². The Morgan fingerprint density at radius 2 is 2.07 bits per heavy atom. The predicted octanol–water partition coefficient (Wildman–Crippen LogP) is 2.50. The van der Waals surface area contributed by atoms with Gasteiger partial charge in [0.1, 0.15) is 5.76 Å². The third-order valence-corrected chi connectivity index (χ3v) is 4.91. The van der Waals surface area contributed by atoms with Crippen molar-refractivity contribution >= 4 is 6.03 Å². The van der Waals surface area contributed by atoms with Crippen molar-refractivity contribution < 1.29 is 9.21 Å². The number of likely N-dealkylation sites (tertiary alicyclic amines) is 1. The van der Waals surface area contributed by atoms with Crippen LogP contribution >= 0.6 is 0 Å². The summed E-state index contributed by atoms with van der Waals surface area (Å²) >= 11 is 0. The van der Waals surface area contributed by atoms with Gasteiger partial charge in [-0.15, -0.1) is 0 Å². The van der Waals surface area contributed by atoms with Gasteiger partial charge in [0, 0.05) is 31.7 Å². The number of urea groups is 1. The zero-order chi connectivity index (χ0) is 19.2. The molecule has 0 aliphatic carbocycles. The average Bonchev–Trinajstić information content (AvgIpc) is 3.50. The van der Waals surface area contributed by atoms with E-state index in [-0.39, 0.29) is 12.1 Å². The minimum atomic E-state index is -0.201. The third kappa shape index (κ3) is 4.40. The van der Waals surface area contributed by atoms with E-state index in [9.17, 15) is 4.79 Å². The van der Waals surface area contributed by atoms with E-state index in [0.29, 0.717) is 13.1 Å². The number of aromatic nitrogens is 3. The van der Waals surface area contributed by atoms with Crippen LogP contribution in [0.2, 0.25) is 0 Å². The molecule has 3 aromatic rings. The Morgan fingerprint density at radius 3 is 2.82 bits per heavy atom. The summed E-state index contributed by atoms with van der Waals surface area (Å²) in [5, 5.41) is 10.1. The largest absolute Gasteiger partial charge is 0.468 e. The van der Waals surface area contributed by atoms with E-state index < -0.39 is 0 Å². The standard InChI is InChI=1S/C20H24N6O2/c27-20(22-14-16-6-8-21-19(13-16)26-11-4-7-24-26)23-15-17(18-5-3-12-28-18)25-9-1-2-10-25/h3-8,11-13,17H,1-2,9-10,14-15H2,(H2,22,23,27). The summed E-state index contributed by atoms with van der Waals surface area (Å²) in [4.78, 5) is 19.0. The van der Waals surface area contributed by atoms with Crippen LogP contribution in [-0.2, 0) is 6.54 Å². The zero-order valence-corrected chi connectivity index (χ0v) is 15.6. The Kier molecular flexibility index (Phi) is 5.67. The van der Waals surface area contributed by atoms with E-state index in [4.69, 9.17) is 4.42 Å². The molecule has 0 bridgehead atoms. The minimum absolute atomic E-state index is 0.0654. The van der Waals surface area contributed by atoms with Crippen molar-refractivity contribution in [3.05, 3.63) is 66.5 Å². The number of carbonyl (C=O) groups excluding carboxylic acids is 1. The highest BCUT2D eigenvalue weighted by molar-refractivity contribution is 5.73. The molecule has 1 fully saturated rings. The van der Waals surface area contributed by atoms with Gasteiger partial charge < -0.3 is 15.1 Å². The molecule has 2 amide bonds. The van der Waals surface area contributed by atoms with Gasteiger partial charge >= 0.3 is 6.03 Å². The maximum absolute atomic E-state index is 12.3. The number of rotatable bonds is 7. The summed E-state index contributed by atoms with van der Waals surface area (Å²) in [5.41, 5.74) is 0.956. The number of nitrogens with zero attached hydrogens (tertiary/aromatic N) is 4. The van der Waals surface area contributed by atoms with E-state index in [1.807, 2.05) is 36.5 Å². The Morgan fingerprint density at radius 1 is 1.18 bits per heavy atom. The predicted molar refractivity (Wildman–Crippen MR) is 104 cm³/mol. The fourth-order valence-corrected chi connectivity index (χ4v) is 3.48. The number of carbonyl (C=O) groups is 1. The molecule has 1 aliphatic heterocycles. The molecular formula is C20H24N6O2. The highest BCUT2D eigenvalue weighted by atomic mass is 16.3. The number of amides is 2. The second-order valence-electron chi connectivity index (χ2n) is 6.81. The number of hydrogen-bond acceptors (Lipinski definition) is 5. The van der Waals surface area contributed by atoms with Crippen LogP contribution in [0.4, 0.5) is 4.79 Å². The molecule has 8 heteroatoms. The summed E-state index contributed by atoms with van der Waals surface area (Å²) in [7, 11) is 0. The number of furan rings is 1. The Bertz CT molecular complexity index is 872. The van der Waals surface area contributed by atoms with Crippen LogP contribution in [0.3, 0.4) is 0 Å². The topological polar surface area (TPSA) is 88.2 Å². The van der Waals surface area contributed by atoms with Crippen molar-refractivity contribution in [2.24, 2.45) is 0 Å². The van der Waals surface area contributed by atoms with Crippen molar-refractivity contribution in [2.75, 3.05) is 19.6 Å². The van der Waals surface area contributed by atoms with Crippen LogP contribution in [0.1, 0.15) is 30.2 Å². The van der Waals surface area contributed by atoms with Crippen molar-refractivity contribution in [3.63, 3.8) is 0 Å². The zero-order valence-electron chi connectivity index (χ0n) is 15.6. The first-order valence-corrected chi connectivity index (χ1v) is 9.54. The van der Waals surface area contributed by atoms with Gasteiger partial charge in [-0.1, -0.05) is 0 Å². The van der Waals surface area contributed by atoms with E-state index in [0.717, 1.165) is 30.2 Å². The number of pyridine rings is 1. The molecule has 8 nitrogen and oxygen atoms in total. The van der Waals surface area contributed by atoms with Gasteiger partial charge in [-0.25, -0.2) is 14.5 Å². The molecule has 3 aromatic heterocycles. The maximum atomic E-state index is 12.3. The Hall–Kier alpha value is -3.13. The summed E-state index contributed by atoms with van der Waals surface area (Å²) in [6.07, 6.45) is 9.30. The first-order chi connectivity index (χ1) is 13.8. The maximum Gasteiger partial charge on any atom is 0.315 e. The van der Waals surface area contributed by atoms with Gasteiger partial charge in [0.15, 0.2) is 5.82 Å². The second-order valence-corrected chi connectivity index (χ2v) is 6.81. The van der Waals surface area contributed by atoms with E-state index in [1.54, 1.807) is 23.3 Å². The van der Waals surface area contributed by atoms with Gasteiger partial charge in [0.25, 0.3) is 0 Å². The molecule has 1 unspecified atom stereocenters. The summed E-state index contributed by atoms with van der Waals surface area (Å²) < 4.78 is 7.28. The highest BCUT2D eigenvalue weighted by Crippen LogP contribution is 2.24. The van der Waals surface area contributed by atoms with Crippen molar-refractivity contribution in [1.82, 2.24) is 30.3 Å². The van der Waals surface area contributed by atoms with Crippen LogP contribution in [-0.4, -0.2) is 45.3 Å². The molecule has 0 saturated carbocycles. The van der Waals surface area contributed by atoms with Crippen molar-refractivity contribution in [3.8, 4) is 5.82 Å². The molecule has 1 atom stereocenters. The average molecular weight is 380 g/mol. The van der Waals surface area contributed by atoms with Crippen LogP contribution in [0.15, 0.2) is 59.6 Å². The van der Waals surface area contributed by atoms with E-state index in [1.165, 1.54) is 12.8 Å². The van der Waals surface area contributed by atoms with Crippen LogP contribution < -0.4 is 10.6 Å². The Labute approximate surface area is 163 Å². The molecule has 28 heavy (non-hydrogen) atoms. The monoisotopic (exact) mass is 380 g/mol. The molecule has 146 valence electrons. The van der Waals surface area contributed by atoms with Crippen molar-refractivity contribution in [2.45, 2.75) is 25.4 Å². The molecule has 1 saturated heterocycles. The lowest BCUT2D eigenvalue weighted by Gasteiger charge is -2.26. The number of hydrogen-bond donors (Lipinski definition) is 2. The molecule has 0 radical (unpaired) electrons. The van der Waals surface area contributed by atoms with Gasteiger partial charge in [0.05, 0.1) is 12.3 Å². The fourth-order valence-electron chi connectivity index (χ4n) is 3.48. The van der Waals surface area contributed by atoms with E-state index >= 15 is 0 Å². The summed E-state index contributed by atoms with van der Waals surface area (Å²) in [6, 6.07) is 9.35. The smallest absolute Gasteiger partial charge is 0.315 e. The molecule has 0 spiro atoms. The molecule has 4 heterocycles. The lowest BCUT2D eigenvalue weighted by molar-refractivity contribution is 0.203. The quantitative estimate of drug-likeness (QED) is 0.657. The van der Waals surface area contributed by atoms with Gasteiger partial charge in [-0.05, 0) is 61.8 Å². The van der Waals surface area contributed by atoms with Crippen molar-refractivity contribution in [1.29, 1.82) is 0 Å². The SMILES string of the molecule is O=C(NCc1ccnc(-n2cccn2)c1)NCC(c1ccco1)N1CCCC1. The molecular weight excluding hydrogens is 356 g/mol. The molecule has 0 aromatic carbocycles. The fraction of sp³-hybridized carbons (Fsp3) is 0.350. The van der Waals surface area contributed by atoms with Gasteiger partial charge in [0.2, 0.25) is 0 Å². The van der Waals surface area contributed by atoms with Crippen LogP contribution in [0, 0.1) is 0 Å². The molecule has 4 rings (SSSR count). The molecule has 1 aliphatic rings. The summed E-state index contributed by atoms with van der Waals surface area (Å²) in [5.74, 6) is 1.61. The summed E-state index contributed by atoms with van der Waals surface area (Å²) in [6.45, 7) is 2.98. The Balaban J connectivity index is 1.31. The molecule has 2 N–H and O–H groups in total. The third-order valence-electron chi connectivity index (χ3n) is 4.91. The van der Waals surface area contributed by atoms with Gasteiger partial charge in [-0.3, -0.25) is 4.90 Å². The first-order valence-electron chi connectivity index (χ1n) is 9.54. The van der Waals surface area contributed by atoms with Crippen LogP contribution in [0.25, 0.3) is 5.82 Å². The minimum Gasteiger partial charge on any atom is -0.468 e. The lowest BCUT2D eigenvalue weighted by Crippen LogP contribution is -2.41. The highest BCUT2D eigenvalue weighted by Gasteiger charge is 2.25. The second kappa shape index (κ2) is 8.71. The lowest BCUT2D eigenvalue weighted by atomic mass is 10.2. The van der Waals surface area contributed by atoms with E-state index in [2.05, 4.69) is 25.6 Å².